The maximum atomic E-state index is 12.7. The van der Waals surface area contributed by atoms with Crippen molar-refractivity contribution in [3.05, 3.63) is 58.2 Å². The summed E-state index contributed by atoms with van der Waals surface area (Å²) in [5.41, 5.74) is 0.918. The van der Waals surface area contributed by atoms with Crippen LogP contribution in [-0.2, 0) is 6.54 Å². The van der Waals surface area contributed by atoms with Crippen molar-refractivity contribution >= 4 is 17.2 Å². The summed E-state index contributed by atoms with van der Waals surface area (Å²) in [5, 5.41) is 16.1. The lowest BCUT2D eigenvalue weighted by Crippen LogP contribution is -2.32. The first-order valence-electron chi connectivity index (χ1n) is 9.31. The molecule has 0 aromatic carbocycles. The van der Waals surface area contributed by atoms with Gasteiger partial charge in [-0.1, -0.05) is 6.07 Å². The van der Waals surface area contributed by atoms with Crippen LogP contribution in [0.5, 0.6) is 0 Å². The fourth-order valence-electron chi connectivity index (χ4n) is 3.16. The zero-order valence-electron chi connectivity index (χ0n) is 15.4. The number of thiophene rings is 1. The molecule has 1 aliphatic carbocycles. The van der Waals surface area contributed by atoms with Crippen LogP contribution in [0.15, 0.2) is 51.2 Å². The summed E-state index contributed by atoms with van der Waals surface area (Å²) in [7, 11) is 0. The largest absolute Gasteiger partial charge is 0.461 e. The van der Waals surface area contributed by atoms with Crippen LogP contribution in [-0.4, -0.2) is 37.0 Å². The molecule has 1 amide bonds. The number of hydrogen-bond acceptors (Lipinski definition) is 6. The monoisotopic (exact) mass is 410 g/mol. The third kappa shape index (κ3) is 3.42. The Balaban J connectivity index is 1.27. The molecule has 4 heterocycles. The lowest BCUT2D eigenvalue weighted by molar-refractivity contribution is 0.0946. The van der Waals surface area contributed by atoms with E-state index in [0.29, 0.717) is 17.3 Å². The highest BCUT2D eigenvalue weighted by molar-refractivity contribution is 7.13. The molecular weight excluding hydrogens is 392 g/mol. The lowest BCUT2D eigenvalue weighted by Gasteiger charge is -2.02. The van der Waals surface area contributed by atoms with Gasteiger partial charge >= 0.3 is 5.69 Å². The number of carbonyl (C=O) groups is 1. The third-order valence-corrected chi connectivity index (χ3v) is 5.63. The van der Waals surface area contributed by atoms with Crippen LogP contribution in [0.2, 0.25) is 0 Å². The second kappa shape index (κ2) is 7.21. The smallest absolute Gasteiger partial charge is 0.346 e. The number of amides is 1. The maximum Gasteiger partial charge on any atom is 0.346 e. The topological polar surface area (TPSA) is 111 Å². The number of rotatable bonds is 7. The lowest BCUT2D eigenvalue weighted by atomic mass is 10.3. The Hall–Kier alpha value is -3.40. The summed E-state index contributed by atoms with van der Waals surface area (Å²) >= 11 is 1.57. The highest BCUT2D eigenvalue weighted by atomic mass is 32.1. The summed E-state index contributed by atoms with van der Waals surface area (Å²) in [6, 6.07) is 9.34. The van der Waals surface area contributed by atoms with E-state index in [1.165, 1.54) is 4.68 Å². The maximum absolute atomic E-state index is 12.7. The number of hydrogen-bond donors (Lipinski definition) is 2. The molecule has 148 valence electrons. The zero-order valence-corrected chi connectivity index (χ0v) is 16.2. The van der Waals surface area contributed by atoms with Gasteiger partial charge in [0.25, 0.3) is 5.91 Å². The van der Waals surface area contributed by atoms with E-state index in [2.05, 4.69) is 20.6 Å². The van der Waals surface area contributed by atoms with E-state index < -0.39 is 0 Å². The minimum atomic E-state index is -0.301. The predicted molar refractivity (Wildman–Crippen MR) is 107 cm³/mol. The Labute approximate surface area is 169 Å². The van der Waals surface area contributed by atoms with Gasteiger partial charge in [0.15, 0.2) is 11.5 Å². The first-order valence-corrected chi connectivity index (χ1v) is 10.2. The normalized spacial score (nSPS) is 13.7. The molecule has 0 spiro atoms. The van der Waals surface area contributed by atoms with Gasteiger partial charge in [0.1, 0.15) is 0 Å². The summed E-state index contributed by atoms with van der Waals surface area (Å²) < 4.78 is 8.48. The van der Waals surface area contributed by atoms with Gasteiger partial charge in [0.05, 0.1) is 23.4 Å². The quantitative estimate of drug-likeness (QED) is 0.486. The molecule has 4 aromatic heterocycles. The van der Waals surface area contributed by atoms with E-state index in [9.17, 15) is 9.59 Å². The zero-order chi connectivity index (χ0) is 19.8. The average Bonchev–Trinajstić information content (AvgIpc) is 3.21. The van der Waals surface area contributed by atoms with E-state index in [1.54, 1.807) is 40.4 Å². The summed E-state index contributed by atoms with van der Waals surface area (Å²) in [4.78, 5) is 26.1. The molecule has 1 aliphatic rings. The van der Waals surface area contributed by atoms with Crippen molar-refractivity contribution in [2.45, 2.75) is 25.4 Å². The van der Waals surface area contributed by atoms with Crippen molar-refractivity contribution in [3.8, 4) is 22.2 Å². The van der Waals surface area contributed by atoms with Gasteiger partial charge in [-0.15, -0.1) is 16.4 Å². The first kappa shape index (κ1) is 17.7. The predicted octanol–water partition coefficient (Wildman–Crippen LogP) is 2.52. The van der Waals surface area contributed by atoms with Crippen LogP contribution in [0.25, 0.3) is 22.2 Å². The van der Waals surface area contributed by atoms with Gasteiger partial charge in [0.2, 0.25) is 5.82 Å². The number of aromatic nitrogens is 5. The molecule has 2 N–H and O–H groups in total. The summed E-state index contributed by atoms with van der Waals surface area (Å²) in [6.07, 6.45) is 3.48. The highest BCUT2D eigenvalue weighted by Crippen LogP contribution is 2.36. The van der Waals surface area contributed by atoms with Crippen LogP contribution in [0.3, 0.4) is 0 Å². The van der Waals surface area contributed by atoms with Crippen molar-refractivity contribution in [1.82, 2.24) is 29.9 Å². The molecule has 0 bridgehead atoms. The molecule has 29 heavy (non-hydrogen) atoms. The molecule has 0 unspecified atom stereocenters. The van der Waals surface area contributed by atoms with Gasteiger partial charge in [-0.05, 0) is 42.5 Å². The highest BCUT2D eigenvalue weighted by Gasteiger charge is 2.31. The standard InChI is InChI=1S/C19H18N6O3S/c26-18(14-11-13(21-22-14)16-4-2-10-29-16)20-7-8-24-19(27)25(12-5-6-12)17(23-24)15-3-1-9-28-15/h1-4,9-12H,5-8H2,(H,20,26)(H,21,22). The van der Waals surface area contributed by atoms with Crippen LogP contribution in [0.1, 0.15) is 29.4 Å². The van der Waals surface area contributed by atoms with Crippen LogP contribution >= 0.6 is 11.3 Å². The fourth-order valence-corrected chi connectivity index (χ4v) is 3.86. The minimum absolute atomic E-state index is 0.172. The van der Waals surface area contributed by atoms with E-state index in [-0.39, 0.29) is 30.7 Å². The molecule has 0 saturated heterocycles. The molecule has 0 radical (unpaired) electrons. The van der Waals surface area contributed by atoms with Gasteiger partial charge in [-0.25, -0.2) is 9.48 Å². The van der Waals surface area contributed by atoms with Crippen molar-refractivity contribution in [2.24, 2.45) is 0 Å². The Morgan fingerprint density at radius 1 is 1.34 bits per heavy atom. The minimum Gasteiger partial charge on any atom is -0.461 e. The molecule has 4 aromatic rings. The SMILES string of the molecule is O=C(NCCn1nc(-c2ccco2)n(C2CC2)c1=O)c1cc(-c2cccs2)[nH]n1. The van der Waals surface area contributed by atoms with Crippen molar-refractivity contribution < 1.29 is 9.21 Å². The van der Waals surface area contributed by atoms with Crippen molar-refractivity contribution in [2.75, 3.05) is 6.54 Å². The van der Waals surface area contributed by atoms with Crippen LogP contribution in [0, 0.1) is 0 Å². The molecule has 0 aliphatic heterocycles. The Bertz CT molecular complexity index is 1180. The van der Waals surface area contributed by atoms with Crippen molar-refractivity contribution in [1.29, 1.82) is 0 Å². The van der Waals surface area contributed by atoms with Gasteiger partial charge in [-0.2, -0.15) is 5.10 Å². The summed E-state index contributed by atoms with van der Waals surface area (Å²) in [6.45, 7) is 0.527. The summed E-state index contributed by atoms with van der Waals surface area (Å²) in [5.74, 6) is 0.793. The van der Waals surface area contributed by atoms with Crippen molar-refractivity contribution in [3.63, 3.8) is 0 Å². The number of nitrogens with zero attached hydrogens (tertiary/aromatic N) is 4. The number of furan rings is 1. The van der Waals surface area contributed by atoms with E-state index in [4.69, 9.17) is 4.42 Å². The second-order valence-corrected chi connectivity index (χ2v) is 7.76. The molecule has 10 heteroatoms. The molecule has 5 rings (SSSR count). The molecule has 1 saturated carbocycles. The van der Waals surface area contributed by atoms with E-state index >= 15 is 0 Å². The van der Waals surface area contributed by atoms with E-state index in [1.807, 2.05) is 17.5 Å². The Morgan fingerprint density at radius 3 is 2.97 bits per heavy atom. The van der Waals surface area contributed by atoms with Gasteiger partial charge in [0, 0.05) is 12.6 Å². The molecular formula is C19H18N6O3S. The number of nitrogens with one attached hydrogen (secondary N) is 2. The molecule has 1 fully saturated rings. The van der Waals surface area contributed by atoms with Gasteiger partial charge < -0.3 is 9.73 Å². The molecule has 0 atom stereocenters. The average molecular weight is 410 g/mol. The molecule has 9 nitrogen and oxygen atoms in total. The first-order chi connectivity index (χ1) is 14.2. The van der Waals surface area contributed by atoms with Crippen LogP contribution in [0.4, 0.5) is 0 Å². The van der Waals surface area contributed by atoms with Crippen LogP contribution < -0.4 is 11.0 Å². The second-order valence-electron chi connectivity index (χ2n) is 6.81. The fraction of sp³-hybridized carbons (Fsp3) is 0.263. The third-order valence-electron chi connectivity index (χ3n) is 4.73. The number of H-pyrrole nitrogens is 1. The van der Waals surface area contributed by atoms with E-state index in [0.717, 1.165) is 23.4 Å². The number of aromatic amines is 1. The Kier molecular flexibility index (Phi) is 4.39. The Morgan fingerprint density at radius 2 is 2.24 bits per heavy atom. The van der Waals surface area contributed by atoms with Gasteiger partial charge in [-0.3, -0.25) is 14.5 Å². The number of carbonyl (C=O) groups excluding carboxylic acids is 1.